The van der Waals surface area contributed by atoms with Crippen molar-refractivity contribution in [2.24, 2.45) is 11.7 Å². The van der Waals surface area contributed by atoms with Crippen LogP contribution in [0.1, 0.15) is 32.6 Å². The quantitative estimate of drug-likeness (QED) is 0.558. The van der Waals surface area contributed by atoms with E-state index in [1.54, 1.807) is 0 Å². The van der Waals surface area contributed by atoms with Crippen LogP contribution in [0.5, 0.6) is 0 Å². The molecule has 0 bridgehead atoms. The van der Waals surface area contributed by atoms with Gasteiger partial charge in [0.15, 0.2) is 0 Å². The van der Waals surface area contributed by atoms with Gasteiger partial charge in [0.1, 0.15) is 0 Å². The molecule has 0 aliphatic heterocycles. The molecule has 0 heterocycles. The zero-order valence-electron chi connectivity index (χ0n) is 7.66. The summed E-state index contributed by atoms with van der Waals surface area (Å²) in [6.07, 6.45) is 2.80. The highest BCUT2D eigenvalue weighted by Crippen LogP contribution is 2.43. The van der Waals surface area contributed by atoms with E-state index in [0.717, 1.165) is 12.8 Å². The monoisotopic (exact) mass is 173 g/mol. The van der Waals surface area contributed by atoms with Gasteiger partial charge in [0.2, 0.25) is 0 Å². The average Bonchev–Trinajstić information content (AvgIpc) is 2.86. The number of hydrogen-bond donors (Lipinski definition) is 3. The summed E-state index contributed by atoms with van der Waals surface area (Å²) >= 11 is 0. The maximum atomic E-state index is 10.0. The third kappa shape index (κ3) is 2.19. The van der Waals surface area contributed by atoms with Gasteiger partial charge >= 0.3 is 0 Å². The highest BCUT2D eigenvalue weighted by atomic mass is 16.3. The van der Waals surface area contributed by atoms with E-state index in [1.807, 2.05) is 6.92 Å². The van der Waals surface area contributed by atoms with Crippen molar-refractivity contribution in [3.8, 4) is 0 Å². The van der Waals surface area contributed by atoms with Crippen molar-refractivity contribution in [3.63, 3.8) is 0 Å². The molecule has 1 saturated carbocycles. The molecule has 0 amide bonds. The van der Waals surface area contributed by atoms with Crippen LogP contribution in [0.2, 0.25) is 0 Å². The van der Waals surface area contributed by atoms with Gasteiger partial charge in [0.05, 0.1) is 11.7 Å². The first-order valence-electron chi connectivity index (χ1n) is 4.73. The summed E-state index contributed by atoms with van der Waals surface area (Å²) in [5, 5.41) is 19.4. The Hall–Kier alpha value is -0.120. The topological polar surface area (TPSA) is 66.5 Å². The Morgan fingerprint density at radius 3 is 2.50 bits per heavy atom. The molecule has 1 aliphatic rings. The highest BCUT2D eigenvalue weighted by Gasteiger charge is 2.43. The first-order chi connectivity index (χ1) is 5.62. The van der Waals surface area contributed by atoms with Crippen LogP contribution in [0, 0.1) is 5.92 Å². The number of hydrogen-bond acceptors (Lipinski definition) is 3. The largest absolute Gasteiger partial charge is 0.392 e. The van der Waals surface area contributed by atoms with Gasteiger partial charge in [-0.15, -0.1) is 0 Å². The van der Waals surface area contributed by atoms with Gasteiger partial charge in [0.25, 0.3) is 0 Å². The fourth-order valence-electron chi connectivity index (χ4n) is 1.71. The summed E-state index contributed by atoms with van der Waals surface area (Å²) in [6.45, 7) is 2.20. The molecular formula is C9H19NO2. The molecule has 4 N–H and O–H groups in total. The molecule has 1 fully saturated rings. The summed E-state index contributed by atoms with van der Waals surface area (Å²) in [6, 6.07) is 0. The SMILES string of the molecule is CC[C@](O)(C[C@H](O)CN)C1CC1. The van der Waals surface area contributed by atoms with Gasteiger partial charge < -0.3 is 15.9 Å². The van der Waals surface area contributed by atoms with Crippen LogP contribution in [0.15, 0.2) is 0 Å². The molecule has 0 aromatic rings. The van der Waals surface area contributed by atoms with Gasteiger partial charge in [-0.3, -0.25) is 0 Å². The van der Waals surface area contributed by atoms with Crippen LogP contribution in [-0.4, -0.2) is 28.5 Å². The normalized spacial score (nSPS) is 25.0. The van der Waals surface area contributed by atoms with Crippen LogP contribution in [0.3, 0.4) is 0 Å². The van der Waals surface area contributed by atoms with Crippen molar-refractivity contribution in [3.05, 3.63) is 0 Å². The molecule has 1 rings (SSSR count). The maximum absolute atomic E-state index is 10.0. The molecule has 3 nitrogen and oxygen atoms in total. The summed E-state index contributed by atoms with van der Waals surface area (Å²) < 4.78 is 0. The highest BCUT2D eigenvalue weighted by molar-refractivity contribution is 4.95. The minimum atomic E-state index is -0.654. The Morgan fingerprint density at radius 2 is 2.17 bits per heavy atom. The maximum Gasteiger partial charge on any atom is 0.0698 e. The van der Waals surface area contributed by atoms with E-state index in [2.05, 4.69) is 0 Å². The molecule has 2 atom stereocenters. The predicted molar refractivity (Wildman–Crippen MR) is 47.6 cm³/mol. The van der Waals surface area contributed by atoms with Gasteiger partial charge in [0, 0.05) is 13.0 Å². The Bertz CT molecular complexity index is 147. The smallest absolute Gasteiger partial charge is 0.0698 e. The van der Waals surface area contributed by atoms with Crippen LogP contribution < -0.4 is 5.73 Å². The Balaban J connectivity index is 2.42. The third-order valence-corrected chi connectivity index (χ3v) is 2.81. The molecule has 0 aromatic heterocycles. The predicted octanol–water partition coefficient (Wildman–Crippen LogP) is 0.247. The second-order valence-corrected chi connectivity index (χ2v) is 3.83. The van der Waals surface area contributed by atoms with Crippen LogP contribution in [0.4, 0.5) is 0 Å². The third-order valence-electron chi connectivity index (χ3n) is 2.81. The number of aliphatic hydroxyl groups excluding tert-OH is 1. The fourth-order valence-corrected chi connectivity index (χ4v) is 1.71. The zero-order valence-corrected chi connectivity index (χ0v) is 7.66. The number of rotatable bonds is 5. The molecule has 0 saturated heterocycles. The minimum absolute atomic E-state index is 0.245. The first-order valence-corrected chi connectivity index (χ1v) is 4.73. The van der Waals surface area contributed by atoms with E-state index in [0.29, 0.717) is 18.8 Å². The molecule has 1 aliphatic carbocycles. The van der Waals surface area contributed by atoms with Crippen LogP contribution in [0.25, 0.3) is 0 Å². The van der Waals surface area contributed by atoms with E-state index in [1.165, 1.54) is 0 Å². The lowest BCUT2D eigenvalue weighted by Crippen LogP contribution is -2.37. The zero-order chi connectivity index (χ0) is 9.19. The lowest BCUT2D eigenvalue weighted by molar-refractivity contribution is -0.0292. The van der Waals surface area contributed by atoms with E-state index < -0.39 is 11.7 Å². The molecule has 0 aromatic carbocycles. The second-order valence-electron chi connectivity index (χ2n) is 3.83. The average molecular weight is 173 g/mol. The summed E-state index contributed by atoms with van der Waals surface area (Å²) in [4.78, 5) is 0. The van der Waals surface area contributed by atoms with Gasteiger partial charge in [-0.05, 0) is 25.2 Å². The molecular weight excluding hydrogens is 154 g/mol. The van der Waals surface area contributed by atoms with Crippen molar-refractivity contribution >= 4 is 0 Å². The standard InChI is InChI=1S/C9H19NO2/c1-2-9(12,7-3-4-7)5-8(11)6-10/h7-8,11-12H,2-6,10H2,1H3/t8-,9-/m0/s1. The minimum Gasteiger partial charge on any atom is -0.392 e. The van der Waals surface area contributed by atoms with Crippen molar-refractivity contribution in [2.75, 3.05) is 6.54 Å². The van der Waals surface area contributed by atoms with Crippen LogP contribution >= 0.6 is 0 Å². The van der Waals surface area contributed by atoms with Gasteiger partial charge in [-0.2, -0.15) is 0 Å². The van der Waals surface area contributed by atoms with E-state index in [9.17, 15) is 10.2 Å². The number of nitrogens with two attached hydrogens (primary N) is 1. The molecule has 0 spiro atoms. The Kier molecular flexibility index (Phi) is 3.09. The van der Waals surface area contributed by atoms with Gasteiger partial charge in [-0.1, -0.05) is 6.92 Å². The Labute approximate surface area is 73.6 Å². The molecule has 0 radical (unpaired) electrons. The van der Waals surface area contributed by atoms with E-state index in [4.69, 9.17) is 5.73 Å². The second kappa shape index (κ2) is 3.73. The summed E-state index contributed by atoms with van der Waals surface area (Å²) in [5.41, 5.74) is 4.64. The van der Waals surface area contributed by atoms with Crippen molar-refractivity contribution in [1.29, 1.82) is 0 Å². The van der Waals surface area contributed by atoms with Crippen molar-refractivity contribution < 1.29 is 10.2 Å². The van der Waals surface area contributed by atoms with E-state index in [-0.39, 0.29) is 6.54 Å². The summed E-state index contributed by atoms with van der Waals surface area (Å²) in [7, 11) is 0. The van der Waals surface area contributed by atoms with Gasteiger partial charge in [-0.25, -0.2) is 0 Å². The molecule has 72 valence electrons. The lowest BCUT2D eigenvalue weighted by atomic mass is 9.88. The fraction of sp³-hybridized carbons (Fsp3) is 1.00. The molecule has 3 heteroatoms. The number of aliphatic hydroxyl groups is 2. The molecule has 0 unspecified atom stereocenters. The summed E-state index contributed by atoms with van der Waals surface area (Å²) in [5.74, 6) is 0.406. The van der Waals surface area contributed by atoms with Crippen LogP contribution in [-0.2, 0) is 0 Å². The molecule has 12 heavy (non-hydrogen) atoms. The lowest BCUT2D eigenvalue weighted by Gasteiger charge is -2.28. The Morgan fingerprint density at radius 1 is 1.58 bits per heavy atom. The van der Waals surface area contributed by atoms with Crippen molar-refractivity contribution in [1.82, 2.24) is 0 Å². The first kappa shape index (κ1) is 9.96. The van der Waals surface area contributed by atoms with E-state index >= 15 is 0 Å². The van der Waals surface area contributed by atoms with Crippen molar-refractivity contribution in [2.45, 2.75) is 44.3 Å².